The van der Waals surface area contributed by atoms with E-state index in [-0.39, 0.29) is 5.91 Å². The minimum atomic E-state index is -0.233. The van der Waals surface area contributed by atoms with Gasteiger partial charge < -0.3 is 0 Å². The Morgan fingerprint density at radius 2 is 2.33 bits per heavy atom. The van der Waals surface area contributed by atoms with Crippen LogP contribution in [0.2, 0.25) is 0 Å². The summed E-state index contributed by atoms with van der Waals surface area (Å²) in [7, 11) is 0. The zero-order valence-electron chi connectivity index (χ0n) is 9.47. The van der Waals surface area contributed by atoms with Crippen molar-refractivity contribution in [2.45, 2.75) is 12.8 Å². The highest BCUT2D eigenvalue weighted by Crippen LogP contribution is 2.17. The van der Waals surface area contributed by atoms with Crippen LogP contribution in [0.3, 0.4) is 0 Å². The second kappa shape index (κ2) is 6.42. The van der Waals surface area contributed by atoms with Crippen LogP contribution in [0.4, 0.5) is 5.13 Å². The molecule has 5 nitrogen and oxygen atoms in total. The lowest BCUT2D eigenvalue weighted by molar-refractivity contribution is 0.102. The molecule has 0 atom stereocenters. The van der Waals surface area contributed by atoms with E-state index in [0.29, 0.717) is 16.6 Å². The molecule has 2 aromatic heterocycles. The van der Waals surface area contributed by atoms with Crippen LogP contribution < -0.4 is 5.32 Å². The van der Waals surface area contributed by atoms with Gasteiger partial charge in [-0.25, -0.2) is 0 Å². The minimum Gasteiger partial charge on any atom is -0.296 e. The molecular weight excluding hydrogens is 272 g/mol. The van der Waals surface area contributed by atoms with Crippen LogP contribution in [0.15, 0.2) is 24.5 Å². The predicted molar refractivity (Wildman–Crippen MR) is 71.1 cm³/mol. The van der Waals surface area contributed by atoms with Crippen LogP contribution >= 0.6 is 22.9 Å². The Morgan fingerprint density at radius 3 is 3.06 bits per heavy atom. The maximum Gasteiger partial charge on any atom is 0.259 e. The van der Waals surface area contributed by atoms with Crippen LogP contribution in [0.1, 0.15) is 21.8 Å². The molecule has 2 aromatic rings. The Bertz CT molecular complexity index is 517. The fraction of sp³-hybridized carbons (Fsp3) is 0.273. The normalized spacial score (nSPS) is 10.3. The summed E-state index contributed by atoms with van der Waals surface area (Å²) in [6.07, 6.45) is 4.76. The molecule has 0 saturated carbocycles. The van der Waals surface area contributed by atoms with E-state index in [1.165, 1.54) is 17.5 Å². The molecule has 7 heteroatoms. The fourth-order valence-corrected chi connectivity index (χ4v) is 2.20. The highest BCUT2D eigenvalue weighted by atomic mass is 35.5. The summed E-state index contributed by atoms with van der Waals surface area (Å²) in [6.45, 7) is 0. The van der Waals surface area contributed by atoms with Gasteiger partial charge in [0, 0.05) is 24.7 Å². The summed E-state index contributed by atoms with van der Waals surface area (Å²) >= 11 is 6.96. The molecule has 0 aromatic carbocycles. The number of carbonyl (C=O) groups is 1. The lowest BCUT2D eigenvalue weighted by Crippen LogP contribution is -2.11. The van der Waals surface area contributed by atoms with Gasteiger partial charge in [-0.3, -0.25) is 15.1 Å². The van der Waals surface area contributed by atoms with Crippen LogP contribution in [0, 0.1) is 0 Å². The first-order valence-electron chi connectivity index (χ1n) is 5.39. The summed E-state index contributed by atoms with van der Waals surface area (Å²) in [4.78, 5) is 15.7. The standard InChI is InChI=1S/C11H11ClN4OS/c12-5-1-4-9-15-16-11(18-9)14-10(17)8-3-2-6-13-7-8/h2-3,6-7H,1,4-5H2,(H,14,16,17). The van der Waals surface area contributed by atoms with Crippen molar-refractivity contribution < 1.29 is 4.79 Å². The number of carbonyl (C=O) groups excluding carboxylic acids is 1. The average Bonchev–Trinajstić information content (AvgIpc) is 2.85. The molecule has 0 aliphatic heterocycles. The van der Waals surface area contributed by atoms with Crippen LogP contribution in [-0.4, -0.2) is 27.0 Å². The summed E-state index contributed by atoms with van der Waals surface area (Å²) in [5.41, 5.74) is 0.495. The first-order valence-corrected chi connectivity index (χ1v) is 6.74. The molecule has 0 fully saturated rings. The molecule has 0 radical (unpaired) electrons. The Hall–Kier alpha value is -1.53. The quantitative estimate of drug-likeness (QED) is 0.855. The number of amides is 1. The highest BCUT2D eigenvalue weighted by Gasteiger charge is 2.09. The van der Waals surface area contributed by atoms with Gasteiger partial charge in [0.05, 0.1) is 5.56 Å². The van der Waals surface area contributed by atoms with Crippen molar-refractivity contribution in [3.05, 3.63) is 35.1 Å². The zero-order valence-corrected chi connectivity index (χ0v) is 11.0. The third-order valence-electron chi connectivity index (χ3n) is 2.14. The van der Waals surface area contributed by atoms with Gasteiger partial charge in [0.1, 0.15) is 5.01 Å². The van der Waals surface area contributed by atoms with E-state index >= 15 is 0 Å². The van der Waals surface area contributed by atoms with Gasteiger partial charge in [-0.2, -0.15) is 0 Å². The smallest absolute Gasteiger partial charge is 0.259 e. The Labute approximate surface area is 113 Å². The summed E-state index contributed by atoms with van der Waals surface area (Å²) in [5, 5.41) is 11.9. The van der Waals surface area contributed by atoms with Gasteiger partial charge in [-0.15, -0.1) is 21.8 Å². The lowest BCUT2D eigenvalue weighted by atomic mass is 10.3. The van der Waals surface area contributed by atoms with Crippen molar-refractivity contribution >= 4 is 34.0 Å². The number of alkyl halides is 1. The third kappa shape index (κ3) is 3.48. The number of aromatic nitrogens is 3. The Kier molecular flexibility index (Phi) is 4.60. The van der Waals surface area contributed by atoms with E-state index in [1.54, 1.807) is 18.3 Å². The van der Waals surface area contributed by atoms with Crippen molar-refractivity contribution in [3.8, 4) is 0 Å². The largest absolute Gasteiger partial charge is 0.296 e. The van der Waals surface area contributed by atoms with Gasteiger partial charge in [0.2, 0.25) is 5.13 Å². The van der Waals surface area contributed by atoms with E-state index in [4.69, 9.17) is 11.6 Å². The number of pyridine rings is 1. The van der Waals surface area contributed by atoms with Crippen molar-refractivity contribution in [2.24, 2.45) is 0 Å². The molecule has 1 amide bonds. The maximum absolute atomic E-state index is 11.8. The minimum absolute atomic E-state index is 0.233. The Balaban J connectivity index is 1.97. The van der Waals surface area contributed by atoms with E-state index in [0.717, 1.165) is 17.8 Å². The lowest BCUT2D eigenvalue weighted by Gasteiger charge is -1.99. The number of halogens is 1. The number of rotatable bonds is 5. The molecule has 0 unspecified atom stereocenters. The van der Waals surface area contributed by atoms with Crippen molar-refractivity contribution in [2.75, 3.05) is 11.2 Å². The van der Waals surface area contributed by atoms with Crippen LogP contribution in [0.25, 0.3) is 0 Å². The van der Waals surface area contributed by atoms with Gasteiger partial charge in [0.15, 0.2) is 0 Å². The van der Waals surface area contributed by atoms with E-state index in [2.05, 4.69) is 20.5 Å². The first kappa shape index (κ1) is 12.9. The molecule has 2 rings (SSSR count). The number of hydrogen-bond donors (Lipinski definition) is 1. The summed E-state index contributed by atoms with van der Waals surface area (Å²) in [5.74, 6) is 0.361. The molecule has 0 saturated heterocycles. The topological polar surface area (TPSA) is 67.8 Å². The molecule has 0 bridgehead atoms. The van der Waals surface area contributed by atoms with Crippen molar-refractivity contribution in [1.29, 1.82) is 0 Å². The summed E-state index contributed by atoms with van der Waals surface area (Å²) < 4.78 is 0. The number of hydrogen-bond acceptors (Lipinski definition) is 5. The molecular formula is C11H11ClN4OS. The van der Waals surface area contributed by atoms with Crippen LogP contribution in [-0.2, 0) is 6.42 Å². The van der Waals surface area contributed by atoms with Crippen molar-refractivity contribution in [3.63, 3.8) is 0 Å². The van der Waals surface area contributed by atoms with Crippen LogP contribution in [0.5, 0.6) is 0 Å². The number of nitrogens with zero attached hydrogens (tertiary/aromatic N) is 3. The number of nitrogens with one attached hydrogen (secondary N) is 1. The number of anilines is 1. The molecule has 94 valence electrons. The predicted octanol–water partition coefficient (Wildman–Crippen LogP) is 2.36. The highest BCUT2D eigenvalue weighted by molar-refractivity contribution is 7.15. The van der Waals surface area contributed by atoms with Gasteiger partial charge in [0.25, 0.3) is 5.91 Å². The van der Waals surface area contributed by atoms with E-state index in [1.807, 2.05) is 0 Å². The van der Waals surface area contributed by atoms with Gasteiger partial charge >= 0.3 is 0 Å². The SMILES string of the molecule is O=C(Nc1nnc(CCCCl)s1)c1cccnc1. The van der Waals surface area contributed by atoms with Gasteiger partial charge in [-0.05, 0) is 18.6 Å². The zero-order chi connectivity index (χ0) is 12.8. The van der Waals surface area contributed by atoms with Crippen molar-refractivity contribution in [1.82, 2.24) is 15.2 Å². The van der Waals surface area contributed by atoms with E-state index in [9.17, 15) is 4.79 Å². The molecule has 0 aliphatic rings. The first-order chi connectivity index (χ1) is 8.79. The average molecular weight is 283 g/mol. The molecule has 2 heterocycles. The van der Waals surface area contributed by atoms with Gasteiger partial charge in [-0.1, -0.05) is 11.3 Å². The fourth-order valence-electron chi connectivity index (χ4n) is 1.29. The summed E-state index contributed by atoms with van der Waals surface area (Å²) in [6, 6.07) is 3.40. The van der Waals surface area contributed by atoms with E-state index < -0.39 is 0 Å². The molecule has 0 aliphatic carbocycles. The second-order valence-electron chi connectivity index (χ2n) is 3.49. The Morgan fingerprint density at radius 1 is 1.44 bits per heavy atom. The molecule has 18 heavy (non-hydrogen) atoms. The monoisotopic (exact) mass is 282 g/mol. The molecule has 0 spiro atoms. The molecule has 1 N–H and O–H groups in total. The third-order valence-corrected chi connectivity index (χ3v) is 3.30. The second-order valence-corrected chi connectivity index (χ2v) is 4.93. The number of aryl methyl sites for hydroxylation is 1. The maximum atomic E-state index is 11.8.